The summed E-state index contributed by atoms with van der Waals surface area (Å²) in [5.41, 5.74) is 0.624. The molecule has 7 nitrogen and oxygen atoms in total. The van der Waals surface area contributed by atoms with Gasteiger partial charge in [-0.3, -0.25) is 9.59 Å². The Morgan fingerprint density at radius 1 is 1.09 bits per heavy atom. The summed E-state index contributed by atoms with van der Waals surface area (Å²) in [6.45, 7) is 0.573. The van der Waals surface area contributed by atoms with Crippen molar-refractivity contribution < 1.29 is 32.7 Å². The van der Waals surface area contributed by atoms with Gasteiger partial charge < -0.3 is 20.6 Å². The topological polar surface area (TPSA) is 98.7 Å². The average molecular weight is 481 g/mol. The number of carboxylic acid groups (broad SMARTS) is 1. The van der Waals surface area contributed by atoms with E-state index in [1.54, 1.807) is 0 Å². The summed E-state index contributed by atoms with van der Waals surface area (Å²) in [5, 5.41) is 13.2. The molecule has 0 aliphatic carbocycles. The number of nitrogens with zero attached hydrogens (tertiary/aromatic N) is 1. The summed E-state index contributed by atoms with van der Waals surface area (Å²) in [6, 6.07) is 9.14. The molecule has 1 saturated heterocycles. The largest absolute Gasteiger partial charge is 0.465 e. The van der Waals surface area contributed by atoms with E-state index in [2.05, 4.69) is 10.6 Å². The first-order chi connectivity index (χ1) is 15.7. The third-order valence-corrected chi connectivity index (χ3v) is 6.25. The van der Waals surface area contributed by atoms with E-state index in [9.17, 15) is 27.6 Å². The van der Waals surface area contributed by atoms with Gasteiger partial charge in [0.05, 0.1) is 0 Å². The van der Waals surface area contributed by atoms with Gasteiger partial charge in [-0.25, -0.2) is 18.0 Å². The molecule has 1 heterocycles. The van der Waals surface area contributed by atoms with Crippen LogP contribution >= 0.6 is 11.8 Å². The van der Waals surface area contributed by atoms with Crippen LogP contribution in [0.1, 0.15) is 17.5 Å². The summed E-state index contributed by atoms with van der Waals surface area (Å²) in [6.07, 6.45) is -2.20. The van der Waals surface area contributed by atoms with Crippen molar-refractivity contribution in [3.63, 3.8) is 0 Å². The maximum atomic E-state index is 14.0. The Labute approximate surface area is 192 Å². The van der Waals surface area contributed by atoms with Gasteiger partial charge in [0.1, 0.15) is 5.82 Å². The number of hydrogen-bond acceptors (Lipinski definition) is 4. The molecule has 0 aromatic heterocycles. The lowest BCUT2D eigenvalue weighted by Gasteiger charge is -2.25. The highest BCUT2D eigenvalue weighted by atomic mass is 32.2. The number of thioether (sulfide) groups is 1. The molecule has 2 aromatic carbocycles. The minimum absolute atomic E-state index is 0.270. The molecule has 11 heteroatoms. The third-order valence-electron chi connectivity index (χ3n) is 5.05. The summed E-state index contributed by atoms with van der Waals surface area (Å²) < 4.78 is 40.7. The van der Waals surface area contributed by atoms with E-state index in [1.807, 2.05) is 30.3 Å². The van der Waals surface area contributed by atoms with Crippen LogP contribution < -0.4 is 10.6 Å². The van der Waals surface area contributed by atoms with Crippen molar-refractivity contribution in [3.8, 4) is 0 Å². The number of rotatable bonds is 8. The second kappa shape index (κ2) is 11.1. The third kappa shape index (κ3) is 6.64. The monoisotopic (exact) mass is 481 g/mol. The predicted molar refractivity (Wildman–Crippen MR) is 116 cm³/mol. The van der Waals surface area contributed by atoms with Crippen molar-refractivity contribution >= 4 is 29.7 Å². The number of halogens is 3. The molecule has 1 fully saturated rings. The van der Waals surface area contributed by atoms with Gasteiger partial charge in [-0.05, 0) is 23.6 Å². The second-order valence-corrected chi connectivity index (χ2v) is 8.61. The van der Waals surface area contributed by atoms with E-state index in [1.165, 1.54) is 16.7 Å². The van der Waals surface area contributed by atoms with Crippen LogP contribution in [-0.4, -0.2) is 51.6 Å². The summed E-state index contributed by atoms with van der Waals surface area (Å²) in [5.74, 6) is -4.05. The fourth-order valence-corrected chi connectivity index (χ4v) is 4.64. The SMILES string of the molecule is O=C(O)NC(CC(=O)N1CCS[C@@H]1C(=O)NCc1ccccc1)Cc1cc(F)c(F)cc1F. The van der Waals surface area contributed by atoms with Gasteiger partial charge in [0.15, 0.2) is 17.0 Å². The highest BCUT2D eigenvalue weighted by molar-refractivity contribution is 8.00. The summed E-state index contributed by atoms with van der Waals surface area (Å²) in [7, 11) is 0. The normalized spacial score (nSPS) is 16.3. The first-order valence-corrected chi connectivity index (χ1v) is 11.1. The molecule has 1 unspecified atom stereocenters. The van der Waals surface area contributed by atoms with Crippen LogP contribution in [-0.2, 0) is 22.6 Å². The highest BCUT2D eigenvalue weighted by Gasteiger charge is 2.35. The summed E-state index contributed by atoms with van der Waals surface area (Å²) in [4.78, 5) is 38.0. The average Bonchev–Trinajstić information content (AvgIpc) is 3.26. The number of carbonyl (C=O) groups is 3. The minimum Gasteiger partial charge on any atom is -0.465 e. The van der Waals surface area contributed by atoms with Crippen LogP contribution in [0.3, 0.4) is 0 Å². The maximum absolute atomic E-state index is 14.0. The molecular formula is C22H22F3N3O4S. The number of nitrogens with one attached hydrogen (secondary N) is 2. The Bertz CT molecular complexity index is 1030. The molecule has 0 bridgehead atoms. The Hall–Kier alpha value is -3.21. The maximum Gasteiger partial charge on any atom is 0.404 e. The molecule has 33 heavy (non-hydrogen) atoms. The molecule has 0 saturated carbocycles. The molecule has 176 valence electrons. The lowest BCUT2D eigenvalue weighted by molar-refractivity contribution is -0.137. The zero-order valence-corrected chi connectivity index (χ0v) is 18.2. The summed E-state index contributed by atoms with van der Waals surface area (Å²) >= 11 is 1.28. The van der Waals surface area contributed by atoms with Crippen molar-refractivity contribution in [2.24, 2.45) is 0 Å². The van der Waals surface area contributed by atoms with Crippen molar-refractivity contribution in [1.82, 2.24) is 15.5 Å². The van der Waals surface area contributed by atoms with E-state index >= 15 is 0 Å². The zero-order valence-electron chi connectivity index (χ0n) is 17.4. The van der Waals surface area contributed by atoms with Crippen LogP contribution in [0.2, 0.25) is 0 Å². The Morgan fingerprint density at radius 3 is 2.48 bits per heavy atom. The molecule has 1 aliphatic heterocycles. The van der Waals surface area contributed by atoms with Crippen LogP contribution in [0.25, 0.3) is 0 Å². The van der Waals surface area contributed by atoms with Crippen molar-refractivity contribution in [2.45, 2.75) is 30.8 Å². The molecule has 0 radical (unpaired) electrons. The molecule has 3 amide bonds. The van der Waals surface area contributed by atoms with Gasteiger partial charge in [0.2, 0.25) is 5.91 Å². The molecule has 0 spiro atoms. The van der Waals surface area contributed by atoms with E-state index in [0.717, 1.165) is 5.56 Å². The standard InChI is InChI=1S/C22H22F3N3O4S/c23-16-11-18(25)17(24)9-14(16)8-15(27-22(31)32)10-19(29)28-6-7-33-21(28)20(30)26-12-13-4-2-1-3-5-13/h1-5,9,11,15,21,27H,6-8,10,12H2,(H,26,30)(H,31,32)/t15?,21-/m1/s1. The van der Waals surface area contributed by atoms with Crippen LogP contribution in [0.15, 0.2) is 42.5 Å². The molecule has 1 aliphatic rings. The Morgan fingerprint density at radius 2 is 1.79 bits per heavy atom. The van der Waals surface area contributed by atoms with Crippen LogP contribution in [0, 0.1) is 17.5 Å². The number of hydrogen-bond donors (Lipinski definition) is 3. The predicted octanol–water partition coefficient (Wildman–Crippen LogP) is 2.89. The number of amides is 3. The smallest absolute Gasteiger partial charge is 0.404 e. The first-order valence-electron chi connectivity index (χ1n) is 10.1. The van der Waals surface area contributed by atoms with Gasteiger partial charge in [-0.15, -0.1) is 11.8 Å². The number of benzene rings is 2. The molecule has 2 aromatic rings. The molecule has 3 rings (SSSR count). The Balaban J connectivity index is 1.65. The zero-order chi connectivity index (χ0) is 24.0. The lowest BCUT2D eigenvalue weighted by Crippen LogP contribution is -2.47. The molecule has 2 atom stereocenters. The van der Waals surface area contributed by atoms with Crippen molar-refractivity contribution in [2.75, 3.05) is 12.3 Å². The van der Waals surface area contributed by atoms with E-state index in [0.29, 0.717) is 17.9 Å². The molecule has 3 N–H and O–H groups in total. The second-order valence-electron chi connectivity index (χ2n) is 7.43. The van der Waals surface area contributed by atoms with Crippen LogP contribution in [0.5, 0.6) is 0 Å². The molecular weight excluding hydrogens is 459 g/mol. The van der Waals surface area contributed by atoms with Gasteiger partial charge in [0.25, 0.3) is 5.91 Å². The van der Waals surface area contributed by atoms with Crippen molar-refractivity contribution in [3.05, 3.63) is 71.0 Å². The lowest BCUT2D eigenvalue weighted by atomic mass is 10.0. The van der Waals surface area contributed by atoms with E-state index < -0.39 is 40.9 Å². The quantitative estimate of drug-likeness (QED) is 0.504. The van der Waals surface area contributed by atoms with Gasteiger partial charge in [0, 0.05) is 37.4 Å². The van der Waals surface area contributed by atoms with E-state index in [4.69, 9.17) is 5.11 Å². The van der Waals surface area contributed by atoms with Crippen LogP contribution in [0.4, 0.5) is 18.0 Å². The minimum atomic E-state index is -1.45. The fourth-order valence-electron chi connectivity index (χ4n) is 3.48. The Kier molecular flexibility index (Phi) is 8.21. The van der Waals surface area contributed by atoms with Gasteiger partial charge >= 0.3 is 6.09 Å². The fraction of sp³-hybridized carbons (Fsp3) is 0.318. The highest BCUT2D eigenvalue weighted by Crippen LogP contribution is 2.25. The number of carbonyl (C=O) groups excluding carboxylic acids is 2. The van der Waals surface area contributed by atoms with Crippen molar-refractivity contribution in [1.29, 1.82) is 0 Å². The van der Waals surface area contributed by atoms with E-state index in [-0.39, 0.29) is 37.4 Å². The first kappa shape index (κ1) is 24.4. The van der Waals surface area contributed by atoms with Gasteiger partial charge in [-0.2, -0.15) is 0 Å². The van der Waals surface area contributed by atoms with Gasteiger partial charge in [-0.1, -0.05) is 30.3 Å².